The summed E-state index contributed by atoms with van der Waals surface area (Å²) >= 11 is 4.98. The van der Waals surface area contributed by atoms with Crippen molar-refractivity contribution in [1.82, 2.24) is 10.2 Å². The Labute approximate surface area is 118 Å². The molecule has 0 N–H and O–H groups in total. The molecule has 0 amide bonds. The Bertz CT molecular complexity index is 580. The Morgan fingerprint density at radius 1 is 1.39 bits per heavy atom. The lowest BCUT2D eigenvalue weighted by atomic mass is 10.0. The summed E-state index contributed by atoms with van der Waals surface area (Å²) in [7, 11) is 0. The molecule has 94 valence electrons. The second kappa shape index (κ2) is 5.71. The monoisotopic (exact) mass is 324 g/mol. The average Bonchev–Trinajstić information content (AvgIpc) is 2.74. The lowest BCUT2D eigenvalue weighted by molar-refractivity contribution is 0.0992. The Kier molecular flexibility index (Phi) is 4.24. The number of carbonyl (C=O) groups is 1. The number of halogens is 1. The van der Waals surface area contributed by atoms with E-state index in [0.717, 1.165) is 27.2 Å². The van der Waals surface area contributed by atoms with Crippen LogP contribution in [-0.4, -0.2) is 16.0 Å². The van der Waals surface area contributed by atoms with Crippen LogP contribution in [0.2, 0.25) is 0 Å². The predicted octanol–water partition coefficient (Wildman–Crippen LogP) is 3.60. The number of aromatic nitrogens is 2. The first-order chi connectivity index (χ1) is 8.60. The molecule has 2 rings (SSSR count). The topological polar surface area (TPSA) is 42.9 Å². The normalized spacial score (nSPS) is 10.6. The van der Waals surface area contributed by atoms with Gasteiger partial charge in [-0.1, -0.05) is 6.92 Å². The fourth-order valence-electron chi connectivity index (χ4n) is 1.72. The van der Waals surface area contributed by atoms with E-state index in [-0.39, 0.29) is 5.78 Å². The summed E-state index contributed by atoms with van der Waals surface area (Å²) in [6.07, 6.45) is 1.15. The number of hydrogen-bond acceptors (Lipinski definition) is 4. The summed E-state index contributed by atoms with van der Waals surface area (Å²) in [4.78, 5) is 13.3. The van der Waals surface area contributed by atoms with E-state index >= 15 is 0 Å². The van der Waals surface area contributed by atoms with Crippen molar-refractivity contribution in [3.63, 3.8) is 0 Å². The third-order valence-corrected chi connectivity index (χ3v) is 4.28. The molecule has 0 aliphatic rings. The summed E-state index contributed by atoms with van der Waals surface area (Å²) in [6, 6.07) is 3.81. The molecule has 2 heterocycles. The van der Waals surface area contributed by atoms with E-state index in [2.05, 4.69) is 26.1 Å². The Morgan fingerprint density at radius 2 is 2.17 bits per heavy atom. The minimum Gasteiger partial charge on any atom is -0.294 e. The van der Waals surface area contributed by atoms with Gasteiger partial charge in [-0.3, -0.25) is 4.79 Å². The van der Waals surface area contributed by atoms with Gasteiger partial charge in [0.25, 0.3) is 0 Å². The van der Waals surface area contributed by atoms with Crippen LogP contribution in [0.5, 0.6) is 0 Å². The smallest absolute Gasteiger partial charge is 0.170 e. The van der Waals surface area contributed by atoms with Crippen LogP contribution in [-0.2, 0) is 12.8 Å². The van der Waals surface area contributed by atoms with Gasteiger partial charge in [0.05, 0.1) is 11.4 Å². The van der Waals surface area contributed by atoms with Crippen LogP contribution in [0.4, 0.5) is 0 Å². The molecule has 0 atom stereocenters. The molecule has 0 aliphatic carbocycles. The van der Waals surface area contributed by atoms with Crippen molar-refractivity contribution in [3.05, 3.63) is 43.8 Å². The third-order valence-electron chi connectivity index (χ3n) is 2.58. The van der Waals surface area contributed by atoms with Crippen molar-refractivity contribution >= 4 is 33.0 Å². The summed E-state index contributed by atoms with van der Waals surface area (Å²) in [6.45, 7) is 3.84. The highest BCUT2D eigenvalue weighted by Gasteiger charge is 2.14. The number of rotatable bonds is 4. The van der Waals surface area contributed by atoms with Crippen LogP contribution in [0.25, 0.3) is 0 Å². The number of ketones is 1. The molecule has 0 bridgehead atoms. The summed E-state index contributed by atoms with van der Waals surface area (Å²) in [5.74, 6) is 0.110. The molecule has 2 aromatic heterocycles. The predicted molar refractivity (Wildman–Crippen MR) is 76.2 cm³/mol. The lowest BCUT2D eigenvalue weighted by Gasteiger charge is -2.05. The largest absolute Gasteiger partial charge is 0.294 e. The van der Waals surface area contributed by atoms with Crippen molar-refractivity contribution in [2.75, 3.05) is 0 Å². The summed E-state index contributed by atoms with van der Waals surface area (Å²) in [5.41, 5.74) is 2.26. The highest BCUT2D eigenvalue weighted by molar-refractivity contribution is 9.10. The van der Waals surface area contributed by atoms with Gasteiger partial charge in [-0.15, -0.1) is 11.3 Å². The molecular weight excluding hydrogens is 312 g/mol. The molecule has 0 saturated carbocycles. The van der Waals surface area contributed by atoms with Crippen LogP contribution in [0, 0.1) is 6.92 Å². The number of carbonyl (C=O) groups excluding carboxylic acids is 1. The highest BCUT2D eigenvalue weighted by atomic mass is 79.9. The number of hydrogen-bond donors (Lipinski definition) is 0. The molecule has 18 heavy (non-hydrogen) atoms. The van der Waals surface area contributed by atoms with Crippen LogP contribution in [0.1, 0.15) is 33.5 Å². The fourth-order valence-corrected chi connectivity index (χ4v) is 3.17. The molecule has 0 fully saturated rings. The van der Waals surface area contributed by atoms with E-state index in [9.17, 15) is 4.79 Å². The fraction of sp³-hybridized carbons (Fsp3) is 0.308. The summed E-state index contributed by atoms with van der Waals surface area (Å²) < 4.78 is 1.02. The maximum absolute atomic E-state index is 12.3. The molecule has 2 aromatic rings. The van der Waals surface area contributed by atoms with Crippen molar-refractivity contribution in [2.45, 2.75) is 26.7 Å². The van der Waals surface area contributed by atoms with Gasteiger partial charge in [0.1, 0.15) is 0 Å². The Hall–Kier alpha value is -1.07. The molecule has 5 heteroatoms. The summed E-state index contributed by atoms with van der Waals surface area (Å²) in [5, 5.41) is 10.1. The zero-order valence-electron chi connectivity index (χ0n) is 10.2. The molecule has 3 nitrogen and oxygen atoms in total. The van der Waals surface area contributed by atoms with E-state index in [1.54, 1.807) is 11.3 Å². The zero-order chi connectivity index (χ0) is 13.1. The average molecular weight is 325 g/mol. The van der Waals surface area contributed by atoms with Crippen LogP contribution in [0.15, 0.2) is 22.0 Å². The van der Waals surface area contributed by atoms with Gasteiger partial charge in [0.15, 0.2) is 5.78 Å². The van der Waals surface area contributed by atoms with Crippen molar-refractivity contribution in [1.29, 1.82) is 0 Å². The van der Waals surface area contributed by atoms with E-state index in [1.165, 1.54) is 0 Å². The van der Waals surface area contributed by atoms with Gasteiger partial charge >= 0.3 is 0 Å². The van der Waals surface area contributed by atoms with E-state index in [0.29, 0.717) is 12.0 Å². The Morgan fingerprint density at radius 3 is 2.78 bits per heavy atom. The van der Waals surface area contributed by atoms with Gasteiger partial charge in [-0.2, -0.15) is 10.2 Å². The van der Waals surface area contributed by atoms with Crippen molar-refractivity contribution in [2.24, 2.45) is 0 Å². The van der Waals surface area contributed by atoms with Gasteiger partial charge in [-0.05, 0) is 41.4 Å². The zero-order valence-corrected chi connectivity index (χ0v) is 12.6. The molecule has 0 unspecified atom stereocenters. The van der Waals surface area contributed by atoms with Gasteiger partial charge in [0, 0.05) is 26.7 Å². The number of nitrogens with zero attached hydrogens (tertiary/aromatic N) is 2. The van der Waals surface area contributed by atoms with Crippen LogP contribution in [0.3, 0.4) is 0 Å². The molecule has 0 aliphatic heterocycles. The second-order valence-electron chi connectivity index (χ2n) is 4.03. The van der Waals surface area contributed by atoms with Gasteiger partial charge in [-0.25, -0.2) is 0 Å². The number of thiophene rings is 1. The molecule has 0 aromatic carbocycles. The minimum absolute atomic E-state index is 0.110. The van der Waals surface area contributed by atoms with Crippen molar-refractivity contribution in [3.8, 4) is 0 Å². The van der Waals surface area contributed by atoms with Crippen LogP contribution >= 0.6 is 27.3 Å². The highest BCUT2D eigenvalue weighted by Crippen LogP contribution is 2.22. The first kappa shape index (κ1) is 13.4. The SMILES string of the molecule is CCc1nnc(C)cc1C(=O)Cc1cc(Br)cs1. The van der Waals surface area contributed by atoms with E-state index in [1.807, 2.05) is 31.4 Å². The van der Waals surface area contributed by atoms with Gasteiger partial charge in [0.2, 0.25) is 0 Å². The minimum atomic E-state index is 0.110. The van der Waals surface area contributed by atoms with Crippen LogP contribution < -0.4 is 0 Å². The first-order valence-corrected chi connectivity index (χ1v) is 7.36. The second-order valence-corrected chi connectivity index (χ2v) is 5.94. The number of aryl methyl sites for hydroxylation is 2. The van der Waals surface area contributed by atoms with Gasteiger partial charge < -0.3 is 0 Å². The third kappa shape index (κ3) is 3.03. The van der Waals surface area contributed by atoms with E-state index < -0.39 is 0 Å². The molecule has 0 spiro atoms. The number of Topliss-reactive ketones (excluding diaryl/α,β-unsaturated/α-hetero) is 1. The molecule has 0 saturated heterocycles. The Balaban J connectivity index is 2.25. The first-order valence-electron chi connectivity index (χ1n) is 5.69. The molecule has 0 radical (unpaired) electrons. The molecular formula is C13H13BrN2OS. The van der Waals surface area contributed by atoms with Crippen molar-refractivity contribution < 1.29 is 4.79 Å². The van der Waals surface area contributed by atoms with E-state index in [4.69, 9.17) is 0 Å². The standard InChI is InChI=1S/C13H13BrN2OS/c1-3-12-11(4-8(2)15-16-12)13(17)6-10-5-9(14)7-18-10/h4-5,7H,3,6H2,1-2H3. The quantitative estimate of drug-likeness (QED) is 0.807. The lowest BCUT2D eigenvalue weighted by Crippen LogP contribution is -2.09. The maximum Gasteiger partial charge on any atom is 0.170 e. The maximum atomic E-state index is 12.3.